The number of fused-ring (bicyclic) bond motifs is 2. The molecule has 298 valence electrons. The standard InChI is InChI=1S/C60H58/c1-6-16-45(17-7-2)50-28-34-55(35-29-50)58(5)42-59(56-36-30-51(31-37-56)46(18-8-3)19-9-4)40-54(53-26-24-49(25-27-53)47-20-12-10-13-21-47)41-60(43-58,44-59)57-38-32-52(33-39-57)48-22-14-11-15-23-48/h6-39,54H,1,3,40-44H2,2,4-5H3/b17-7-,19-9-,45-16+,46-18+. The Bertz CT molecular complexity index is 2520. The first kappa shape index (κ1) is 40.5. The molecule has 60 heavy (non-hydrogen) atoms. The maximum absolute atomic E-state index is 4.02. The number of benzene rings is 6. The summed E-state index contributed by atoms with van der Waals surface area (Å²) in [5, 5.41) is 0. The largest absolute Gasteiger partial charge is 0.0990 e. The lowest BCUT2D eigenvalue weighted by atomic mass is 9.42. The van der Waals surface area contributed by atoms with Gasteiger partial charge in [-0.3, -0.25) is 0 Å². The highest BCUT2D eigenvalue weighted by Crippen LogP contribution is 2.66. The van der Waals surface area contributed by atoms with E-state index in [0.717, 1.165) is 32.1 Å². The topological polar surface area (TPSA) is 0 Å². The van der Waals surface area contributed by atoms with Crippen LogP contribution in [0.2, 0.25) is 0 Å². The van der Waals surface area contributed by atoms with Crippen LogP contribution in [0.3, 0.4) is 0 Å². The Labute approximate surface area is 359 Å². The van der Waals surface area contributed by atoms with Gasteiger partial charge in [0, 0.05) is 0 Å². The van der Waals surface area contributed by atoms with Crippen LogP contribution in [0.1, 0.15) is 92.2 Å². The van der Waals surface area contributed by atoms with Gasteiger partial charge in [-0.15, -0.1) is 0 Å². The van der Waals surface area contributed by atoms with E-state index in [2.05, 4.69) is 228 Å². The fraction of sp³-hybridized carbons (Fsp3) is 0.200. The van der Waals surface area contributed by atoms with Gasteiger partial charge in [0.2, 0.25) is 0 Å². The zero-order valence-corrected chi connectivity index (χ0v) is 35.7. The molecule has 6 aromatic carbocycles. The van der Waals surface area contributed by atoms with E-state index < -0.39 is 0 Å². The first-order valence-corrected chi connectivity index (χ1v) is 21.7. The smallest absolute Gasteiger partial charge is 0.00243 e. The molecule has 0 radical (unpaired) electrons. The molecule has 2 fully saturated rings. The Kier molecular flexibility index (Phi) is 11.9. The Hall–Kier alpha value is -6.24. The monoisotopic (exact) mass is 778 g/mol. The lowest BCUT2D eigenvalue weighted by Gasteiger charge is -2.61. The Balaban J connectivity index is 1.29. The second-order valence-electron chi connectivity index (χ2n) is 17.6. The van der Waals surface area contributed by atoms with Crippen LogP contribution < -0.4 is 0 Å². The van der Waals surface area contributed by atoms with Gasteiger partial charge in [0.1, 0.15) is 0 Å². The van der Waals surface area contributed by atoms with Crippen LogP contribution in [0.5, 0.6) is 0 Å². The predicted octanol–water partition coefficient (Wildman–Crippen LogP) is 16.2. The second-order valence-corrected chi connectivity index (χ2v) is 17.6. The third kappa shape index (κ3) is 8.17. The maximum Gasteiger partial charge on any atom is -0.00243 e. The fourth-order valence-electron chi connectivity index (χ4n) is 11.1. The van der Waals surface area contributed by atoms with Crippen molar-refractivity contribution in [1.82, 2.24) is 0 Å². The highest BCUT2D eigenvalue weighted by atomic mass is 14.6. The number of hydrogen-bond donors (Lipinski definition) is 0. The van der Waals surface area contributed by atoms with E-state index in [0.29, 0.717) is 5.92 Å². The van der Waals surface area contributed by atoms with E-state index in [1.165, 1.54) is 66.8 Å². The van der Waals surface area contributed by atoms with Crippen molar-refractivity contribution in [1.29, 1.82) is 0 Å². The lowest BCUT2D eigenvalue weighted by molar-refractivity contribution is 0.0463. The van der Waals surface area contributed by atoms with Gasteiger partial charge in [-0.2, -0.15) is 0 Å². The molecule has 0 N–H and O–H groups in total. The normalized spacial score (nSPS) is 23.1. The molecule has 2 saturated carbocycles. The van der Waals surface area contributed by atoms with Crippen LogP contribution in [0.25, 0.3) is 33.4 Å². The molecule has 4 atom stereocenters. The average molecular weight is 779 g/mol. The summed E-state index contributed by atoms with van der Waals surface area (Å²) < 4.78 is 0. The summed E-state index contributed by atoms with van der Waals surface area (Å²) in [5.41, 5.74) is 15.5. The molecule has 0 amide bonds. The third-order valence-corrected chi connectivity index (χ3v) is 13.5. The molecular weight excluding hydrogens is 721 g/mol. The minimum Gasteiger partial charge on any atom is -0.0990 e. The van der Waals surface area contributed by atoms with Crippen LogP contribution in [0.4, 0.5) is 0 Å². The van der Waals surface area contributed by atoms with Crippen molar-refractivity contribution in [3.8, 4) is 22.3 Å². The van der Waals surface area contributed by atoms with Gasteiger partial charge in [0.25, 0.3) is 0 Å². The quantitative estimate of drug-likeness (QED) is 0.109. The molecule has 4 unspecified atom stereocenters. The molecule has 2 aliphatic carbocycles. The molecule has 6 aromatic rings. The summed E-state index contributed by atoms with van der Waals surface area (Å²) in [6.07, 6.45) is 22.1. The van der Waals surface area contributed by atoms with Crippen molar-refractivity contribution in [2.45, 2.75) is 75.0 Å². The Morgan fingerprint density at radius 1 is 0.467 bits per heavy atom. The fourth-order valence-corrected chi connectivity index (χ4v) is 11.1. The summed E-state index contributed by atoms with van der Waals surface area (Å²) in [6, 6.07) is 59.9. The zero-order chi connectivity index (χ0) is 41.6. The van der Waals surface area contributed by atoms with E-state index in [1.54, 1.807) is 0 Å². The van der Waals surface area contributed by atoms with Gasteiger partial charge in [0.15, 0.2) is 0 Å². The van der Waals surface area contributed by atoms with Gasteiger partial charge in [0.05, 0.1) is 0 Å². The van der Waals surface area contributed by atoms with E-state index in [1.807, 2.05) is 12.2 Å². The molecule has 0 aromatic heterocycles. The molecule has 0 saturated heterocycles. The highest BCUT2D eigenvalue weighted by molar-refractivity contribution is 5.76. The van der Waals surface area contributed by atoms with Gasteiger partial charge < -0.3 is 0 Å². The second kappa shape index (κ2) is 17.5. The van der Waals surface area contributed by atoms with Crippen molar-refractivity contribution in [3.05, 3.63) is 253 Å². The molecule has 0 heteroatoms. The van der Waals surface area contributed by atoms with Gasteiger partial charge in [-0.05, 0) is 135 Å². The minimum atomic E-state index is -0.0720. The van der Waals surface area contributed by atoms with Gasteiger partial charge >= 0.3 is 0 Å². The van der Waals surface area contributed by atoms with E-state index >= 15 is 0 Å². The van der Waals surface area contributed by atoms with Crippen LogP contribution in [-0.2, 0) is 16.2 Å². The van der Waals surface area contributed by atoms with Crippen LogP contribution in [0.15, 0.2) is 219 Å². The summed E-state index contributed by atoms with van der Waals surface area (Å²) in [5.74, 6) is 0.399. The van der Waals surface area contributed by atoms with E-state index in [4.69, 9.17) is 0 Å². The number of hydrogen-bond acceptors (Lipinski definition) is 0. The van der Waals surface area contributed by atoms with Crippen molar-refractivity contribution in [2.75, 3.05) is 0 Å². The summed E-state index contributed by atoms with van der Waals surface area (Å²) >= 11 is 0. The molecule has 2 aliphatic rings. The molecule has 0 nitrogen and oxygen atoms in total. The molecule has 0 spiro atoms. The van der Waals surface area contributed by atoms with Crippen molar-refractivity contribution >= 4 is 11.1 Å². The van der Waals surface area contributed by atoms with Gasteiger partial charge in [-0.25, -0.2) is 0 Å². The molecule has 0 aliphatic heterocycles. The first-order chi connectivity index (χ1) is 29.3. The van der Waals surface area contributed by atoms with E-state index in [9.17, 15) is 0 Å². The van der Waals surface area contributed by atoms with Crippen molar-refractivity contribution in [3.63, 3.8) is 0 Å². The molecule has 0 heterocycles. The molecule has 8 rings (SSSR count). The van der Waals surface area contributed by atoms with Crippen molar-refractivity contribution in [2.24, 2.45) is 0 Å². The lowest BCUT2D eigenvalue weighted by Crippen LogP contribution is -2.55. The van der Waals surface area contributed by atoms with Crippen LogP contribution in [0, 0.1) is 0 Å². The minimum absolute atomic E-state index is 0.0573. The van der Waals surface area contributed by atoms with Crippen molar-refractivity contribution < 1.29 is 0 Å². The van der Waals surface area contributed by atoms with E-state index in [-0.39, 0.29) is 16.2 Å². The summed E-state index contributed by atoms with van der Waals surface area (Å²) in [4.78, 5) is 0. The van der Waals surface area contributed by atoms with Crippen LogP contribution >= 0.6 is 0 Å². The summed E-state index contributed by atoms with van der Waals surface area (Å²) in [7, 11) is 0. The molecular formula is C60H58. The first-order valence-electron chi connectivity index (χ1n) is 21.7. The zero-order valence-electron chi connectivity index (χ0n) is 35.7. The Morgan fingerprint density at radius 3 is 1.27 bits per heavy atom. The predicted molar refractivity (Wildman–Crippen MR) is 259 cm³/mol. The maximum atomic E-state index is 4.02. The summed E-state index contributed by atoms with van der Waals surface area (Å²) in [6.45, 7) is 14.7. The average Bonchev–Trinajstić information content (AvgIpc) is 3.29. The van der Waals surface area contributed by atoms with Crippen LogP contribution in [-0.4, -0.2) is 0 Å². The molecule has 2 bridgehead atoms. The number of allylic oxidation sites excluding steroid dienone is 10. The SMILES string of the molecule is C=C/C=C(\C=C/C)c1ccc(C2(C)CC3(c4ccc(C(/C=C\C)=C/C=C)cc4)CC(c4ccc(-c5ccccc5)cc4)CC(c4ccc(-c5ccccc5)cc4)(C2)C3)cc1. The highest BCUT2D eigenvalue weighted by Gasteiger charge is 2.58. The van der Waals surface area contributed by atoms with Gasteiger partial charge in [-0.1, -0.05) is 226 Å². The number of rotatable bonds is 12. The Morgan fingerprint density at radius 2 is 0.850 bits per heavy atom. The third-order valence-electron chi connectivity index (χ3n) is 13.5.